The molecule has 6 nitrogen and oxygen atoms in total. The number of hydrogen-bond acceptors (Lipinski definition) is 6. The largest absolute Gasteiger partial charge is 0.458 e. The molecule has 2 fully saturated rings. The van der Waals surface area contributed by atoms with Crippen LogP contribution in [0.3, 0.4) is 0 Å². The number of carbonyl (C=O) groups excluding carboxylic acids is 2. The van der Waals surface area contributed by atoms with E-state index in [1.165, 1.54) is 6.92 Å². The van der Waals surface area contributed by atoms with E-state index in [0.29, 0.717) is 0 Å². The first-order chi connectivity index (χ1) is 9.18. The van der Waals surface area contributed by atoms with Gasteiger partial charge in [-0.15, -0.1) is 0 Å². The average Bonchev–Trinajstić information content (AvgIpc) is 2.35. The summed E-state index contributed by atoms with van der Waals surface area (Å²) in [5.74, 6) is -1.80. The van der Waals surface area contributed by atoms with Crippen LogP contribution in [0, 0.1) is 11.8 Å². The SMILES string of the molecule is CC(=O)O[C@H]1[C@@H](C)C(=O)O[C@H]2[C@H](C)[C@@H](O)[C@H](C)O[C@@]21C. The van der Waals surface area contributed by atoms with Gasteiger partial charge in [-0.1, -0.05) is 6.92 Å². The van der Waals surface area contributed by atoms with Crippen LogP contribution in [0.25, 0.3) is 0 Å². The molecule has 0 aliphatic carbocycles. The second-order valence-electron chi connectivity index (χ2n) is 6.03. The summed E-state index contributed by atoms with van der Waals surface area (Å²) in [7, 11) is 0. The quantitative estimate of drug-likeness (QED) is 0.713. The first kappa shape index (κ1) is 15.3. The molecular weight excluding hydrogens is 264 g/mol. The van der Waals surface area contributed by atoms with Crippen LogP contribution in [0.2, 0.25) is 0 Å². The molecule has 6 heteroatoms. The Labute approximate surface area is 118 Å². The lowest BCUT2D eigenvalue weighted by Crippen LogP contribution is -2.70. The summed E-state index contributed by atoms with van der Waals surface area (Å²) < 4.78 is 16.7. The minimum Gasteiger partial charge on any atom is -0.458 e. The second kappa shape index (κ2) is 5.00. The van der Waals surface area contributed by atoms with E-state index in [4.69, 9.17) is 14.2 Å². The van der Waals surface area contributed by atoms with Gasteiger partial charge in [-0.25, -0.2) is 0 Å². The smallest absolute Gasteiger partial charge is 0.312 e. The third-order valence-corrected chi connectivity index (χ3v) is 4.43. The van der Waals surface area contributed by atoms with Crippen LogP contribution in [0.1, 0.15) is 34.6 Å². The fourth-order valence-electron chi connectivity index (χ4n) is 3.37. The maximum absolute atomic E-state index is 12.0. The van der Waals surface area contributed by atoms with Crippen LogP contribution < -0.4 is 0 Å². The van der Waals surface area contributed by atoms with Gasteiger partial charge in [0.1, 0.15) is 17.8 Å². The Balaban J connectivity index is 2.39. The van der Waals surface area contributed by atoms with E-state index in [1.807, 2.05) is 0 Å². The van der Waals surface area contributed by atoms with E-state index in [0.717, 1.165) is 0 Å². The van der Waals surface area contributed by atoms with Crippen LogP contribution >= 0.6 is 0 Å². The molecule has 0 bridgehead atoms. The van der Waals surface area contributed by atoms with Gasteiger partial charge in [0.2, 0.25) is 0 Å². The van der Waals surface area contributed by atoms with Gasteiger partial charge >= 0.3 is 11.9 Å². The maximum Gasteiger partial charge on any atom is 0.312 e. The Hall–Kier alpha value is -1.14. The molecule has 1 N–H and O–H groups in total. The van der Waals surface area contributed by atoms with E-state index >= 15 is 0 Å². The number of carbonyl (C=O) groups is 2. The van der Waals surface area contributed by atoms with Crippen LogP contribution in [0.15, 0.2) is 0 Å². The molecule has 2 saturated heterocycles. The predicted molar refractivity (Wildman–Crippen MR) is 68.7 cm³/mol. The third-order valence-electron chi connectivity index (χ3n) is 4.43. The monoisotopic (exact) mass is 286 g/mol. The van der Waals surface area contributed by atoms with Crippen molar-refractivity contribution in [3.63, 3.8) is 0 Å². The third kappa shape index (κ3) is 2.20. The first-order valence-electron chi connectivity index (χ1n) is 6.92. The molecule has 0 saturated carbocycles. The number of esters is 2. The van der Waals surface area contributed by atoms with Crippen molar-refractivity contribution in [1.82, 2.24) is 0 Å². The Morgan fingerprint density at radius 2 is 1.95 bits per heavy atom. The Morgan fingerprint density at radius 3 is 2.50 bits per heavy atom. The molecule has 0 aromatic carbocycles. The molecular formula is C14H22O6. The number of hydrogen-bond donors (Lipinski definition) is 1. The second-order valence-corrected chi connectivity index (χ2v) is 6.03. The van der Waals surface area contributed by atoms with Gasteiger partial charge in [-0.05, 0) is 20.8 Å². The lowest BCUT2D eigenvalue weighted by atomic mass is 9.73. The highest BCUT2D eigenvalue weighted by atomic mass is 16.6. The summed E-state index contributed by atoms with van der Waals surface area (Å²) in [5, 5.41) is 10.1. The molecule has 114 valence electrons. The zero-order chi connectivity index (χ0) is 15.2. The lowest BCUT2D eigenvalue weighted by molar-refractivity contribution is -0.299. The Bertz CT molecular complexity index is 422. The Kier molecular flexibility index (Phi) is 3.81. The molecule has 2 aliphatic rings. The fourth-order valence-corrected chi connectivity index (χ4v) is 3.37. The van der Waals surface area contributed by atoms with Gasteiger partial charge < -0.3 is 19.3 Å². The molecule has 2 rings (SSSR count). The predicted octanol–water partition coefficient (Wildman–Crippen LogP) is 0.654. The summed E-state index contributed by atoms with van der Waals surface area (Å²) in [6.07, 6.45) is -2.51. The highest BCUT2D eigenvalue weighted by Gasteiger charge is 2.61. The summed E-state index contributed by atoms with van der Waals surface area (Å²) in [6, 6.07) is 0. The van der Waals surface area contributed by atoms with Crippen molar-refractivity contribution in [3.8, 4) is 0 Å². The molecule has 2 aliphatic heterocycles. The first-order valence-corrected chi connectivity index (χ1v) is 6.92. The summed E-state index contributed by atoms with van der Waals surface area (Å²) >= 11 is 0. The minimum atomic E-state index is -0.947. The summed E-state index contributed by atoms with van der Waals surface area (Å²) in [4.78, 5) is 23.3. The highest BCUT2D eigenvalue weighted by molar-refractivity contribution is 5.75. The van der Waals surface area contributed by atoms with Crippen molar-refractivity contribution in [3.05, 3.63) is 0 Å². The van der Waals surface area contributed by atoms with Crippen molar-refractivity contribution in [2.45, 2.75) is 64.6 Å². The van der Waals surface area contributed by atoms with Gasteiger partial charge in [0.25, 0.3) is 0 Å². The van der Waals surface area contributed by atoms with Crippen LogP contribution in [-0.2, 0) is 23.8 Å². The van der Waals surface area contributed by atoms with Gasteiger partial charge in [-0.2, -0.15) is 0 Å². The van der Waals surface area contributed by atoms with E-state index in [-0.39, 0.29) is 5.92 Å². The van der Waals surface area contributed by atoms with E-state index in [1.54, 1.807) is 27.7 Å². The number of aliphatic hydroxyl groups excluding tert-OH is 1. The number of ether oxygens (including phenoxy) is 3. The van der Waals surface area contributed by atoms with Crippen molar-refractivity contribution in [2.24, 2.45) is 11.8 Å². The molecule has 7 atom stereocenters. The van der Waals surface area contributed by atoms with Crippen molar-refractivity contribution in [2.75, 3.05) is 0 Å². The van der Waals surface area contributed by atoms with Crippen molar-refractivity contribution < 1.29 is 28.9 Å². The number of aliphatic hydroxyl groups is 1. The average molecular weight is 286 g/mol. The zero-order valence-corrected chi connectivity index (χ0v) is 12.5. The van der Waals surface area contributed by atoms with Crippen LogP contribution in [-0.4, -0.2) is 47.1 Å². The Morgan fingerprint density at radius 1 is 1.35 bits per heavy atom. The highest BCUT2D eigenvalue weighted by Crippen LogP contribution is 2.44. The molecule has 0 aromatic heterocycles. The van der Waals surface area contributed by atoms with Crippen molar-refractivity contribution >= 4 is 11.9 Å². The van der Waals surface area contributed by atoms with E-state index in [9.17, 15) is 14.7 Å². The standard InChI is InChI=1S/C14H22O6/c1-6-10(16)8(3)20-14(5)11(6)19-13(17)7(2)12(14)18-9(4)15/h6-8,10-12,16H,1-5H3/t6-,7-,8+,10-,11+,12+,14+/m1/s1. The van der Waals surface area contributed by atoms with Crippen LogP contribution in [0.5, 0.6) is 0 Å². The van der Waals surface area contributed by atoms with Gasteiger partial charge in [0, 0.05) is 12.8 Å². The van der Waals surface area contributed by atoms with Gasteiger partial charge in [0.05, 0.1) is 18.1 Å². The van der Waals surface area contributed by atoms with Crippen LogP contribution in [0.4, 0.5) is 0 Å². The molecule has 0 radical (unpaired) electrons. The maximum atomic E-state index is 12.0. The van der Waals surface area contributed by atoms with Gasteiger partial charge in [0.15, 0.2) is 0 Å². The molecule has 20 heavy (non-hydrogen) atoms. The molecule has 0 amide bonds. The molecule has 0 unspecified atom stereocenters. The summed E-state index contributed by atoms with van der Waals surface area (Å²) in [5.41, 5.74) is -0.947. The molecule has 0 aromatic rings. The van der Waals surface area contributed by atoms with Crippen molar-refractivity contribution in [1.29, 1.82) is 0 Å². The van der Waals surface area contributed by atoms with E-state index < -0.39 is 47.9 Å². The molecule has 2 heterocycles. The minimum absolute atomic E-state index is 0.293. The number of rotatable bonds is 1. The van der Waals surface area contributed by atoms with Gasteiger partial charge in [-0.3, -0.25) is 9.59 Å². The molecule has 0 spiro atoms. The van der Waals surface area contributed by atoms with E-state index in [2.05, 4.69) is 0 Å². The number of fused-ring (bicyclic) bond motifs is 1. The lowest BCUT2D eigenvalue weighted by Gasteiger charge is -2.54. The normalized spacial score (nSPS) is 48.2. The fraction of sp³-hybridized carbons (Fsp3) is 0.857. The summed E-state index contributed by atoms with van der Waals surface area (Å²) in [6.45, 7) is 8.29. The topological polar surface area (TPSA) is 82.1 Å². The zero-order valence-electron chi connectivity index (χ0n) is 12.5.